The van der Waals surface area contributed by atoms with E-state index >= 15 is 0 Å². The number of hydrogen-bond acceptors (Lipinski definition) is 3. The zero-order valence-electron chi connectivity index (χ0n) is 9.52. The number of carbonyl (C=O) groups excluding carboxylic acids is 1. The number of alkyl halides is 4. The van der Waals surface area contributed by atoms with Gasteiger partial charge in [0.1, 0.15) is 6.04 Å². The van der Waals surface area contributed by atoms with E-state index in [1.807, 2.05) is 0 Å². The third kappa shape index (κ3) is 3.69. The number of nitrogens with one attached hydrogen (secondary N) is 1. The number of aliphatic hydroxyl groups excluding tert-OH is 1. The molecule has 19 heavy (non-hydrogen) atoms. The van der Waals surface area contributed by atoms with Crippen molar-refractivity contribution < 1.29 is 37.4 Å². The van der Waals surface area contributed by atoms with Crippen LogP contribution in [0.2, 0.25) is 0 Å². The van der Waals surface area contributed by atoms with Crippen molar-refractivity contribution in [2.45, 2.75) is 30.9 Å². The molecule has 1 aliphatic heterocycles. The maximum absolute atomic E-state index is 12.6. The van der Waals surface area contributed by atoms with Crippen molar-refractivity contribution in [2.24, 2.45) is 0 Å². The zero-order chi connectivity index (χ0) is 14.8. The molecular formula is C9H12F4N2O4. The summed E-state index contributed by atoms with van der Waals surface area (Å²) in [7, 11) is 0. The lowest BCUT2D eigenvalue weighted by Crippen LogP contribution is -2.50. The fourth-order valence-corrected chi connectivity index (χ4v) is 1.64. The highest BCUT2D eigenvalue weighted by Crippen LogP contribution is 2.22. The molecule has 1 saturated heterocycles. The third-order valence-corrected chi connectivity index (χ3v) is 2.62. The molecule has 2 atom stereocenters. The topological polar surface area (TPSA) is 89.9 Å². The Morgan fingerprint density at radius 1 is 1.42 bits per heavy atom. The highest BCUT2D eigenvalue weighted by atomic mass is 19.3. The maximum Gasteiger partial charge on any atom is 0.326 e. The number of aliphatic carboxylic acids is 1. The van der Waals surface area contributed by atoms with E-state index in [2.05, 4.69) is 0 Å². The van der Waals surface area contributed by atoms with Gasteiger partial charge in [-0.05, 0) is 0 Å². The van der Waals surface area contributed by atoms with Crippen LogP contribution in [0.3, 0.4) is 0 Å². The first-order chi connectivity index (χ1) is 8.65. The predicted molar refractivity (Wildman–Crippen MR) is 53.1 cm³/mol. The van der Waals surface area contributed by atoms with Crippen LogP contribution in [-0.2, 0) is 4.79 Å². The minimum atomic E-state index is -4.40. The number of carboxylic acid groups (broad SMARTS) is 1. The molecule has 2 amide bonds. The number of urea groups is 1. The Bertz CT molecular complexity index is 366. The molecule has 0 radical (unpaired) electrons. The summed E-state index contributed by atoms with van der Waals surface area (Å²) in [4.78, 5) is 22.8. The second-order valence-corrected chi connectivity index (χ2v) is 4.12. The quantitative estimate of drug-likeness (QED) is 0.641. The number of halogens is 4. The van der Waals surface area contributed by atoms with E-state index in [1.165, 1.54) is 5.32 Å². The molecule has 1 fully saturated rings. The Labute approximate surface area is 105 Å². The van der Waals surface area contributed by atoms with E-state index in [0.717, 1.165) is 0 Å². The van der Waals surface area contributed by atoms with Crippen molar-refractivity contribution in [2.75, 3.05) is 13.1 Å². The fraction of sp³-hybridized carbons (Fsp3) is 0.778. The second kappa shape index (κ2) is 5.59. The fourth-order valence-electron chi connectivity index (χ4n) is 1.64. The molecule has 3 N–H and O–H groups in total. The van der Waals surface area contributed by atoms with Gasteiger partial charge in [0.2, 0.25) is 0 Å². The normalized spacial score (nSPS) is 23.8. The van der Waals surface area contributed by atoms with E-state index < -0.39 is 43.0 Å². The van der Waals surface area contributed by atoms with Gasteiger partial charge < -0.3 is 20.4 Å². The lowest BCUT2D eigenvalue weighted by atomic mass is 10.2. The maximum atomic E-state index is 12.6. The number of nitrogens with zero attached hydrogens (tertiary/aromatic N) is 1. The van der Waals surface area contributed by atoms with E-state index in [4.69, 9.17) is 5.11 Å². The van der Waals surface area contributed by atoms with Gasteiger partial charge in [-0.3, -0.25) is 0 Å². The Morgan fingerprint density at radius 2 is 2.00 bits per heavy atom. The van der Waals surface area contributed by atoms with Gasteiger partial charge in [0.05, 0.1) is 12.6 Å². The average Bonchev–Trinajstić information content (AvgIpc) is 2.68. The van der Waals surface area contributed by atoms with Crippen molar-refractivity contribution >= 4 is 12.0 Å². The van der Waals surface area contributed by atoms with Crippen molar-refractivity contribution in [1.82, 2.24) is 10.2 Å². The van der Waals surface area contributed by atoms with Gasteiger partial charge in [0.25, 0.3) is 0 Å². The smallest absolute Gasteiger partial charge is 0.326 e. The standard InChI is InChI=1S/C9H12F4N2O4/c10-7(11)9(12,13)3-14-8(19)15-2-4(16)1-5(15)6(17)18/h4-5,7,16H,1-3H2,(H,14,19)(H,17,18)/t4?,5-/m0/s1. The SMILES string of the molecule is O=C(O)[C@@H]1CC(O)CN1C(=O)NCC(F)(F)C(F)F. The van der Waals surface area contributed by atoms with Crippen LogP contribution in [0, 0.1) is 0 Å². The average molecular weight is 288 g/mol. The van der Waals surface area contributed by atoms with E-state index in [-0.39, 0.29) is 13.0 Å². The van der Waals surface area contributed by atoms with Crippen molar-refractivity contribution in [1.29, 1.82) is 0 Å². The van der Waals surface area contributed by atoms with E-state index in [1.54, 1.807) is 0 Å². The Hall–Kier alpha value is -1.58. The molecule has 0 aromatic carbocycles. The summed E-state index contributed by atoms with van der Waals surface area (Å²) in [6.07, 6.45) is -5.27. The van der Waals surface area contributed by atoms with Gasteiger partial charge in [0.15, 0.2) is 0 Å². The number of likely N-dealkylation sites (tertiary alicyclic amines) is 1. The third-order valence-electron chi connectivity index (χ3n) is 2.62. The van der Waals surface area contributed by atoms with Crippen molar-refractivity contribution in [3.05, 3.63) is 0 Å². The monoisotopic (exact) mass is 288 g/mol. The van der Waals surface area contributed by atoms with Crippen molar-refractivity contribution in [3.8, 4) is 0 Å². The summed E-state index contributed by atoms with van der Waals surface area (Å²) in [5.74, 6) is -5.81. The molecule has 6 nitrogen and oxygen atoms in total. The molecule has 0 saturated carbocycles. The molecule has 1 heterocycles. The first-order valence-electron chi connectivity index (χ1n) is 5.26. The molecule has 110 valence electrons. The number of hydrogen-bond donors (Lipinski definition) is 3. The Morgan fingerprint density at radius 3 is 2.47 bits per heavy atom. The van der Waals surface area contributed by atoms with Gasteiger partial charge in [-0.15, -0.1) is 0 Å². The number of carboxylic acids is 1. The Balaban J connectivity index is 2.60. The summed E-state index contributed by atoms with van der Waals surface area (Å²) in [5, 5.41) is 19.5. The van der Waals surface area contributed by atoms with E-state index in [9.17, 15) is 32.3 Å². The first-order valence-corrected chi connectivity index (χ1v) is 5.26. The van der Waals surface area contributed by atoms with Crippen LogP contribution in [0.25, 0.3) is 0 Å². The molecule has 1 unspecified atom stereocenters. The first kappa shape index (κ1) is 15.5. The summed E-state index contributed by atoms with van der Waals surface area (Å²) in [6, 6.07) is -2.60. The molecule has 0 bridgehead atoms. The van der Waals surface area contributed by atoms with Crippen LogP contribution < -0.4 is 5.32 Å². The number of β-amino-alcohol motifs (C(OH)–C–C–N with tert-alkyl or cyclic N) is 1. The predicted octanol–water partition coefficient (Wildman–Crippen LogP) is 0.116. The summed E-state index contributed by atoms with van der Waals surface area (Å²) in [5.41, 5.74) is 0. The molecule has 0 aliphatic carbocycles. The highest BCUT2D eigenvalue weighted by molar-refractivity contribution is 5.83. The molecule has 0 aromatic heterocycles. The molecule has 0 spiro atoms. The lowest BCUT2D eigenvalue weighted by molar-refractivity contribution is -0.141. The molecular weight excluding hydrogens is 276 g/mol. The summed E-state index contributed by atoms with van der Waals surface area (Å²) in [6.45, 7) is -1.97. The highest BCUT2D eigenvalue weighted by Gasteiger charge is 2.43. The van der Waals surface area contributed by atoms with Gasteiger partial charge in [-0.2, -0.15) is 8.78 Å². The van der Waals surface area contributed by atoms with Crippen LogP contribution in [0.5, 0.6) is 0 Å². The lowest BCUT2D eigenvalue weighted by Gasteiger charge is -2.23. The number of rotatable bonds is 4. The minimum Gasteiger partial charge on any atom is -0.480 e. The van der Waals surface area contributed by atoms with Gasteiger partial charge in [-0.1, -0.05) is 0 Å². The number of amides is 2. The van der Waals surface area contributed by atoms with Gasteiger partial charge in [-0.25, -0.2) is 18.4 Å². The summed E-state index contributed by atoms with van der Waals surface area (Å²) >= 11 is 0. The van der Waals surface area contributed by atoms with Gasteiger partial charge >= 0.3 is 24.3 Å². The molecule has 1 rings (SSSR count). The van der Waals surface area contributed by atoms with Crippen molar-refractivity contribution in [3.63, 3.8) is 0 Å². The van der Waals surface area contributed by atoms with Crippen LogP contribution in [0.15, 0.2) is 0 Å². The molecule has 10 heteroatoms. The van der Waals surface area contributed by atoms with Crippen LogP contribution in [-0.4, -0.2) is 64.7 Å². The Kier molecular flexibility index (Phi) is 4.56. The number of carbonyl (C=O) groups is 2. The van der Waals surface area contributed by atoms with E-state index in [0.29, 0.717) is 4.90 Å². The zero-order valence-corrected chi connectivity index (χ0v) is 9.52. The minimum absolute atomic E-state index is 0.242. The summed E-state index contributed by atoms with van der Waals surface area (Å²) < 4.78 is 48.9. The number of aliphatic hydroxyl groups is 1. The van der Waals surface area contributed by atoms with Crippen LogP contribution >= 0.6 is 0 Å². The van der Waals surface area contributed by atoms with Crippen LogP contribution in [0.4, 0.5) is 22.4 Å². The molecule has 1 aliphatic rings. The largest absolute Gasteiger partial charge is 0.480 e. The van der Waals surface area contributed by atoms with Crippen LogP contribution in [0.1, 0.15) is 6.42 Å². The van der Waals surface area contributed by atoms with Gasteiger partial charge in [0, 0.05) is 13.0 Å². The molecule has 0 aromatic rings. The second-order valence-electron chi connectivity index (χ2n) is 4.12.